The number of halogens is 2. The molecular weight excluding hydrogens is 329 g/mol. The third-order valence-corrected chi connectivity index (χ3v) is 4.53. The first-order chi connectivity index (χ1) is 9.74. The number of likely N-dealkylation sites (tertiary alicyclic amines) is 1. The molecule has 0 unspecified atom stereocenters. The molecule has 1 aliphatic heterocycles. The Labute approximate surface area is 141 Å². The highest BCUT2D eigenvalue weighted by molar-refractivity contribution is 8.00. The lowest BCUT2D eigenvalue weighted by molar-refractivity contribution is -0.140. The zero-order chi connectivity index (χ0) is 14.2. The minimum Gasteiger partial charge on any atom is -0.464 e. The quantitative estimate of drug-likeness (QED) is 0.575. The zero-order valence-corrected chi connectivity index (χ0v) is 14.3. The molecule has 0 amide bonds. The van der Waals surface area contributed by atoms with Crippen molar-refractivity contribution < 1.29 is 9.53 Å². The Morgan fingerprint density at radius 1 is 1.19 bits per heavy atom. The van der Waals surface area contributed by atoms with E-state index < -0.39 is 0 Å². The molecule has 1 fully saturated rings. The van der Waals surface area contributed by atoms with E-state index in [1.54, 1.807) is 0 Å². The second-order valence-corrected chi connectivity index (χ2v) is 6.35. The summed E-state index contributed by atoms with van der Waals surface area (Å²) in [5, 5.41) is 0.707. The molecule has 1 aliphatic rings. The van der Waals surface area contributed by atoms with Crippen molar-refractivity contribution in [2.24, 2.45) is 0 Å². The van der Waals surface area contributed by atoms with Gasteiger partial charge in [-0.2, -0.15) is 0 Å². The third-order valence-electron chi connectivity index (χ3n) is 3.29. The van der Waals surface area contributed by atoms with E-state index >= 15 is 0 Å². The zero-order valence-electron chi connectivity index (χ0n) is 11.9. The van der Waals surface area contributed by atoms with Gasteiger partial charge in [-0.15, -0.1) is 24.2 Å². The van der Waals surface area contributed by atoms with Crippen LogP contribution in [0.5, 0.6) is 0 Å². The molecule has 21 heavy (non-hydrogen) atoms. The molecule has 1 aromatic carbocycles. The van der Waals surface area contributed by atoms with Gasteiger partial charge < -0.3 is 4.74 Å². The van der Waals surface area contributed by atoms with Crippen LogP contribution in [-0.2, 0) is 9.53 Å². The highest BCUT2D eigenvalue weighted by Gasteiger charge is 2.10. The van der Waals surface area contributed by atoms with Crippen LogP contribution in [0.15, 0.2) is 29.2 Å². The summed E-state index contributed by atoms with van der Waals surface area (Å²) in [5.41, 5.74) is 0. The van der Waals surface area contributed by atoms with E-state index in [0.29, 0.717) is 17.4 Å². The summed E-state index contributed by atoms with van der Waals surface area (Å²) in [6, 6.07) is 7.47. The monoisotopic (exact) mass is 349 g/mol. The lowest BCUT2D eigenvalue weighted by Crippen LogP contribution is -2.33. The number of hydrogen-bond acceptors (Lipinski definition) is 4. The van der Waals surface area contributed by atoms with E-state index in [-0.39, 0.29) is 18.4 Å². The predicted molar refractivity (Wildman–Crippen MR) is 90.7 cm³/mol. The minimum absolute atomic E-state index is 0. The number of esters is 1. The van der Waals surface area contributed by atoms with Gasteiger partial charge in [0, 0.05) is 16.5 Å². The maximum atomic E-state index is 11.6. The molecule has 0 spiro atoms. The van der Waals surface area contributed by atoms with E-state index in [0.717, 1.165) is 24.5 Å². The highest BCUT2D eigenvalue weighted by atomic mass is 35.5. The Kier molecular flexibility index (Phi) is 9.16. The molecule has 0 N–H and O–H groups in total. The normalized spacial score (nSPS) is 15.3. The van der Waals surface area contributed by atoms with Crippen LogP contribution >= 0.6 is 35.8 Å². The van der Waals surface area contributed by atoms with Crippen LogP contribution in [0.4, 0.5) is 0 Å². The third kappa shape index (κ3) is 7.41. The first-order valence-electron chi connectivity index (χ1n) is 7.00. The van der Waals surface area contributed by atoms with Gasteiger partial charge in [0.2, 0.25) is 0 Å². The summed E-state index contributed by atoms with van der Waals surface area (Å²) in [4.78, 5) is 15.0. The maximum Gasteiger partial charge on any atom is 0.316 e. The summed E-state index contributed by atoms with van der Waals surface area (Å²) >= 11 is 7.29. The molecular formula is C15H21Cl2NO2S. The van der Waals surface area contributed by atoms with Gasteiger partial charge >= 0.3 is 5.97 Å². The van der Waals surface area contributed by atoms with Crippen molar-refractivity contribution in [3.8, 4) is 0 Å². The largest absolute Gasteiger partial charge is 0.464 e. The SMILES string of the molecule is Cl.O=C(CSc1ccc(Cl)cc1)OCCN1CCCCC1. The van der Waals surface area contributed by atoms with Crippen molar-refractivity contribution in [2.45, 2.75) is 24.2 Å². The van der Waals surface area contributed by atoms with Gasteiger partial charge in [-0.1, -0.05) is 18.0 Å². The molecule has 0 atom stereocenters. The second-order valence-electron chi connectivity index (χ2n) is 4.87. The fourth-order valence-electron chi connectivity index (χ4n) is 2.19. The van der Waals surface area contributed by atoms with Crippen molar-refractivity contribution in [3.63, 3.8) is 0 Å². The average Bonchev–Trinajstić information content (AvgIpc) is 2.48. The number of nitrogens with zero attached hydrogens (tertiary/aromatic N) is 1. The molecule has 118 valence electrons. The van der Waals surface area contributed by atoms with Gasteiger partial charge in [0.15, 0.2) is 0 Å². The molecule has 0 saturated carbocycles. The van der Waals surface area contributed by atoms with Gasteiger partial charge in [0.25, 0.3) is 0 Å². The molecule has 0 bridgehead atoms. The topological polar surface area (TPSA) is 29.5 Å². The predicted octanol–water partition coefficient (Wildman–Crippen LogP) is 3.88. The standard InChI is InChI=1S/C15H20ClNO2S.ClH/c16-13-4-6-14(7-5-13)20-12-15(18)19-11-10-17-8-2-1-3-9-17;/h4-7H,1-3,8-12H2;1H. The first kappa shape index (κ1) is 18.6. The molecule has 0 aromatic heterocycles. The number of piperidine rings is 1. The van der Waals surface area contributed by atoms with Crippen molar-refractivity contribution in [1.82, 2.24) is 4.90 Å². The molecule has 1 aromatic rings. The van der Waals surface area contributed by atoms with Crippen LogP contribution in [0.1, 0.15) is 19.3 Å². The van der Waals surface area contributed by atoms with Crippen molar-refractivity contribution >= 4 is 41.7 Å². The van der Waals surface area contributed by atoms with Crippen LogP contribution in [0.25, 0.3) is 0 Å². The van der Waals surface area contributed by atoms with Gasteiger partial charge in [0.1, 0.15) is 6.61 Å². The number of ether oxygens (including phenoxy) is 1. The molecule has 3 nitrogen and oxygen atoms in total. The van der Waals surface area contributed by atoms with Crippen LogP contribution < -0.4 is 0 Å². The summed E-state index contributed by atoms with van der Waals surface area (Å²) in [6.07, 6.45) is 3.86. The number of carbonyl (C=O) groups excluding carboxylic acids is 1. The summed E-state index contributed by atoms with van der Waals surface area (Å²) in [6.45, 7) is 3.63. The molecule has 0 radical (unpaired) electrons. The number of thioether (sulfide) groups is 1. The van der Waals surface area contributed by atoms with E-state index in [1.165, 1.54) is 31.0 Å². The summed E-state index contributed by atoms with van der Waals surface area (Å²) in [7, 11) is 0. The Hall–Kier alpha value is -0.420. The number of rotatable bonds is 6. The van der Waals surface area contributed by atoms with E-state index in [4.69, 9.17) is 16.3 Å². The van der Waals surface area contributed by atoms with E-state index in [9.17, 15) is 4.79 Å². The van der Waals surface area contributed by atoms with Crippen LogP contribution in [0.3, 0.4) is 0 Å². The Balaban J connectivity index is 0.00000220. The van der Waals surface area contributed by atoms with Crippen LogP contribution in [0.2, 0.25) is 5.02 Å². The summed E-state index contributed by atoms with van der Waals surface area (Å²) in [5.74, 6) is 0.198. The van der Waals surface area contributed by atoms with Gasteiger partial charge in [-0.3, -0.25) is 9.69 Å². The van der Waals surface area contributed by atoms with Crippen molar-refractivity contribution in [3.05, 3.63) is 29.3 Å². The first-order valence-corrected chi connectivity index (χ1v) is 8.37. The Morgan fingerprint density at radius 2 is 1.86 bits per heavy atom. The molecule has 1 heterocycles. The Morgan fingerprint density at radius 3 is 2.52 bits per heavy atom. The lowest BCUT2D eigenvalue weighted by Gasteiger charge is -2.25. The number of hydrogen-bond donors (Lipinski definition) is 0. The fourth-order valence-corrected chi connectivity index (χ4v) is 3.01. The summed E-state index contributed by atoms with van der Waals surface area (Å²) < 4.78 is 5.26. The molecule has 1 saturated heterocycles. The smallest absolute Gasteiger partial charge is 0.316 e. The highest BCUT2D eigenvalue weighted by Crippen LogP contribution is 2.20. The van der Waals surface area contributed by atoms with Crippen LogP contribution in [0, 0.1) is 0 Å². The fraction of sp³-hybridized carbons (Fsp3) is 0.533. The number of benzene rings is 1. The van der Waals surface area contributed by atoms with Crippen molar-refractivity contribution in [1.29, 1.82) is 0 Å². The van der Waals surface area contributed by atoms with E-state index in [1.807, 2.05) is 24.3 Å². The van der Waals surface area contributed by atoms with Gasteiger partial charge in [-0.25, -0.2) is 0 Å². The van der Waals surface area contributed by atoms with Gasteiger partial charge in [-0.05, 0) is 50.2 Å². The molecule has 6 heteroatoms. The number of carbonyl (C=O) groups is 1. The minimum atomic E-state index is -0.151. The van der Waals surface area contributed by atoms with Crippen molar-refractivity contribution in [2.75, 3.05) is 32.0 Å². The molecule has 0 aliphatic carbocycles. The Bertz CT molecular complexity index is 422. The average molecular weight is 350 g/mol. The lowest BCUT2D eigenvalue weighted by atomic mass is 10.1. The second kappa shape index (κ2) is 10.3. The maximum absolute atomic E-state index is 11.6. The van der Waals surface area contributed by atoms with E-state index in [2.05, 4.69) is 4.90 Å². The van der Waals surface area contributed by atoms with Gasteiger partial charge in [0.05, 0.1) is 5.75 Å². The molecule has 2 rings (SSSR count). The van der Waals surface area contributed by atoms with Crippen LogP contribution in [-0.4, -0.2) is 42.9 Å².